The molecule has 3 heteroatoms. The van der Waals surface area contributed by atoms with Crippen LogP contribution in [0.4, 0.5) is 0 Å². The van der Waals surface area contributed by atoms with Crippen molar-refractivity contribution in [1.29, 1.82) is 0 Å². The molecule has 2 unspecified atom stereocenters. The van der Waals surface area contributed by atoms with Crippen LogP contribution in [0, 0.1) is 12.3 Å². The number of aryl methyl sites for hydroxylation is 1. The van der Waals surface area contributed by atoms with E-state index in [4.69, 9.17) is 16.9 Å². The molecule has 0 saturated heterocycles. The summed E-state index contributed by atoms with van der Waals surface area (Å²) in [5, 5.41) is 9.70. The fourth-order valence-corrected chi connectivity index (χ4v) is 2.39. The van der Waals surface area contributed by atoms with Crippen LogP contribution in [0.5, 0.6) is 5.75 Å². The maximum Gasteiger partial charge on any atom is 0.132 e. The second-order valence-electron chi connectivity index (χ2n) is 6.48. The van der Waals surface area contributed by atoms with Crippen molar-refractivity contribution in [2.75, 3.05) is 6.61 Å². The van der Waals surface area contributed by atoms with Crippen molar-refractivity contribution in [1.82, 2.24) is 0 Å². The number of benzene rings is 1. The van der Waals surface area contributed by atoms with Crippen LogP contribution in [0.25, 0.3) is 0 Å². The Morgan fingerprint density at radius 3 is 2.48 bits per heavy atom. The lowest BCUT2D eigenvalue weighted by Gasteiger charge is -2.27. The SMILES string of the molecule is C#CC(O)C(C)(N)CCc1ccc(OCCCCCCC)cc1. The maximum absolute atomic E-state index is 9.70. The quantitative estimate of drug-likeness (QED) is 0.483. The monoisotopic (exact) mass is 317 g/mol. The first-order chi connectivity index (χ1) is 11.0. The van der Waals surface area contributed by atoms with E-state index in [9.17, 15) is 5.11 Å². The number of ether oxygens (including phenoxy) is 1. The Labute approximate surface area is 141 Å². The third-order valence-corrected chi connectivity index (χ3v) is 4.17. The molecule has 0 aromatic heterocycles. The highest BCUT2D eigenvalue weighted by molar-refractivity contribution is 5.27. The Morgan fingerprint density at radius 2 is 1.87 bits per heavy atom. The molecule has 3 N–H and O–H groups in total. The Balaban J connectivity index is 2.32. The summed E-state index contributed by atoms with van der Waals surface area (Å²) in [6, 6.07) is 8.08. The van der Waals surface area contributed by atoms with Crippen LogP contribution in [0.15, 0.2) is 24.3 Å². The van der Waals surface area contributed by atoms with Crippen molar-refractivity contribution in [3.8, 4) is 18.1 Å². The molecule has 0 aliphatic carbocycles. The van der Waals surface area contributed by atoms with Gasteiger partial charge < -0.3 is 15.6 Å². The van der Waals surface area contributed by atoms with E-state index in [0.29, 0.717) is 6.42 Å². The largest absolute Gasteiger partial charge is 0.494 e. The van der Waals surface area contributed by atoms with Crippen molar-refractivity contribution in [3.63, 3.8) is 0 Å². The molecular formula is C20H31NO2. The first kappa shape index (κ1) is 19.5. The molecule has 0 aliphatic rings. The Kier molecular flexibility index (Phi) is 8.76. The van der Waals surface area contributed by atoms with Crippen molar-refractivity contribution < 1.29 is 9.84 Å². The van der Waals surface area contributed by atoms with Crippen LogP contribution in [-0.2, 0) is 6.42 Å². The van der Waals surface area contributed by atoms with Crippen LogP contribution in [0.1, 0.15) is 57.9 Å². The van der Waals surface area contributed by atoms with Gasteiger partial charge in [-0.1, -0.05) is 50.7 Å². The summed E-state index contributed by atoms with van der Waals surface area (Å²) in [6.07, 6.45) is 11.9. The van der Waals surface area contributed by atoms with E-state index in [1.165, 1.54) is 31.2 Å². The zero-order chi connectivity index (χ0) is 17.1. The normalized spacial score (nSPS) is 14.7. The van der Waals surface area contributed by atoms with Crippen molar-refractivity contribution in [2.45, 2.75) is 70.4 Å². The number of aliphatic hydroxyl groups excluding tert-OH is 1. The molecule has 0 spiro atoms. The van der Waals surface area contributed by atoms with Gasteiger partial charge in [0.2, 0.25) is 0 Å². The van der Waals surface area contributed by atoms with Gasteiger partial charge in [-0.05, 0) is 43.9 Å². The average molecular weight is 317 g/mol. The second-order valence-corrected chi connectivity index (χ2v) is 6.48. The molecule has 3 nitrogen and oxygen atoms in total. The molecule has 23 heavy (non-hydrogen) atoms. The van der Waals surface area contributed by atoms with Gasteiger partial charge in [0, 0.05) is 0 Å². The van der Waals surface area contributed by atoms with E-state index in [2.05, 4.69) is 12.8 Å². The number of terminal acetylenes is 1. The smallest absolute Gasteiger partial charge is 0.132 e. The third kappa shape index (κ3) is 7.54. The molecule has 0 radical (unpaired) electrons. The van der Waals surface area contributed by atoms with E-state index in [0.717, 1.165) is 25.2 Å². The molecule has 0 bridgehead atoms. The summed E-state index contributed by atoms with van der Waals surface area (Å²) >= 11 is 0. The number of rotatable bonds is 11. The highest BCUT2D eigenvalue weighted by atomic mass is 16.5. The van der Waals surface area contributed by atoms with Crippen LogP contribution in [0.3, 0.4) is 0 Å². The molecule has 2 atom stereocenters. The molecule has 1 aromatic carbocycles. The first-order valence-corrected chi connectivity index (χ1v) is 8.64. The lowest BCUT2D eigenvalue weighted by molar-refractivity contribution is 0.139. The van der Waals surface area contributed by atoms with E-state index in [1.54, 1.807) is 6.92 Å². The first-order valence-electron chi connectivity index (χ1n) is 8.64. The highest BCUT2D eigenvalue weighted by Crippen LogP contribution is 2.18. The van der Waals surface area contributed by atoms with E-state index in [-0.39, 0.29) is 0 Å². The summed E-state index contributed by atoms with van der Waals surface area (Å²) in [6.45, 7) is 4.78. The topological polar surface area (TPSA) is 55.5 Å². The third-order valence-electron chi connectivity index (χ3n) is 4.17. The minimum Gasteiger partial charge on any atom is -0.494 e. The number of nitrogens with two attached hydrogens (primary N) is 1. The molecule has 0 saturated carbocycles. The van der Waals surface area contributed by atoms with Gasteiger partial charge in [0.25, 0.3) is 0 Å². The zero-order valence-corrected chi connectivity index (χ0v) is 14.6. The van der Waals surface area contributed by atoms with Crippen LogP contribution in [0.2, 0.25) is 0 Å². The molecule has 0 fully saturated rings. The van der Waals surface area contributed by atoms with Crippen LogP contribution >= 0.6 is 0 Å². The van der Waals surface area contributed by atoms with Gasteiger partial charge in [0.05, 0.1) is 12.1 Å². The van der Waals surface area contributed by atoms with Gasteiger partial charge >= 0.3 is 0 Å². The van der Waals surface area contributed by atoms with Crippen molar-refractivity contribution in [2.24, 2.45) is 5.73 Å². The number of unbranched alkanes of at least 4 members (excludes halogenated alkanes) is 4. The van der Waals surface area contributed by atoms with Crippen molar-refractivity contribution in [3.05, 3.63) is 29.8 Å². The molecule has 128 valence electrons. The predicted molar refractivity (Wildman–Crippen MR) is 96.4 cm³/mol. The lowest BCUT2D eigenvalue weighted by atomic mass is 9.89. The minimum atomic E-state index is -0.919. The van der Waals surface area contributed by atoms with E-state index < -0.39 is 11.6 Å². The van der Waals surface area contributed by atoms with Gasteiger partial charge in [0.1, 0.15) is 11.9 Å². The van der Waals surface area contributed by atoms with Gasteiger partial charge in [-0.2, -0.15) is 0 Å². The number of hydrogen-bond acceptors (Lipinski definition) is 3. The van der Waals surface area contributed by atoms with Gasteiger partial charge in [0.15, 0.2) is 0 Å². The van der Waals surface area contributed by atoms with Gasteiger partial charge in [-0.25, -0.2) is 0 Å². The zero-order valence-electron chi connectivity index (χ0n) is 14.6. The van der Waals surface area contributed by atoms with Gasteiger partial charge in [-0.3, -0.25) is 0 Å². The van der Waals surface area contributed by atoms with E-state index >= 15 is 0 Å². The fraction of sp³-hybridized carbons (Fsp3) is 0.600. The number of aliphatic hydroxyl groups is 1. The Morgan fingerprint density at radius 1 is 1.22 bits per heavy atom. The van der Waals surface area contributed by atoms with Gasteiger partial charge in [-0.15, -0.1) is 6.42 Å². The Bertz CT molecular complexity index is 473. The summed E-state index contributed by atoms with van der Waals surface area (Å²) in [5.74, 6) is 3.21. The summed E-state index contributed by atoms with van der Waals surface area (Å²) in [7, 11) is 0. The molecule has 0 aliphatic heterocycles. The maximum atomic E-state index is 9.70. The molecule has 0 heterocycles. The summed E-state index contributed by atoms with van der Waals surface area (Å²) in [4.78, 5) is 0. The van der Waals surface area contributed by atoms with E-state index in [1.807, 2.05) is 24.3 Å². The second kappa shape index (κ2) is 10.3. The molecule has 0 amide bonds. The standard InChI is InChI=1S/C20H31NO2/c1-4-6-7-8-9-16-23-18-12-10-17(11-13-18)14-15-20(3,21)19(22)5-2/h2,10-13,19,22H,4,6-9,14-16,21H2,1,3H3. The Hall–Kier alpha value is -1.50. The minimum absolute atomic E-state index is 0.635. The number of hydrogen-bond donors (Lipinski definition) is 2. The molecule has 1 rings (SSSR count). The average Bonchev–Trinajstić information content (AvgIpc) is 2.56. The summed E-state index contributed by atoms with van der Waals surface area (Å²) < 4.78 is 5.75. The van der Waals surface area contributed by atoms with Crippen LogP contribution < -0.4 is 10.5 Å². The fourth-order valence-electron chi connectivity index (χ4n) is 2.39. The lowest BCUT2D eigenvalue weighted by Crippen LogP contribution is -2.47. The molecular weight excluding hydrogens is 286 g/mol. The van der Waals surface area contributed by atoms with Crippen LogP contribution in [-0.4, -0.2) is 23.4 Å². The highest BCUT2D eigenvalue weighted by Gasteiger charge is 2.26. The predicted octanol–water partition coefficient (Wildman–Crippen LogP) is 3.68. The summed E-state index contributed by atoms with van der Waals surface area (Å²) in [5.41, 5.74) is 6.45. The van der Waals surface area contributed by atoms with Crippen molar-refractivity contribution >= 4 is 0 Å². The molecule has 1 aromatic rings.